The fourth-order valence-electron chi connectivity index (χ4n) is 0.662. The SMILES string of the molecule is Cc1ccc([P+](=O)F)cc1. The summed E-state index contributed by atoms with van der Waals surface area (Å²) in [7, 11) is -2.66. The molecular weight excluding hydrogens is 150 g/mol. The maximum absolute atomic E-state index is 12.1. The molecule has 3 heteroatoms. The fourth-order valence-corrected chi connectivity index (χ4v) is 1.05. The second-order valence-corrected chi connectivity index (χ2v) is 3.09. The second kappa shape index (κ2) is 2.89. The zero-order chi connectivity index (χ0) is 7.56. The van der Waals surface area contributed by atoms with Crippen LogP contribution >= 0.6 is 8.11 Å². The summed E-state index contributed by atoms with van der Waals surface area (Å²) in [6, 6.07) is 6.55. The van der Waals surface area contributed by atoms with Crippen molar-refractivity contribution in [2.75, 3.05) is 0 Å². The van der Waals surface area contributed by atoms with Gasteiger partial charge in [0.2, 0.25) is 5.30 Å². The minimum Gasteiger partial charge on any atom is -0.0547 e. The third kappa shape index (κ3) is 1.61. The lowest BCUT2D eigenvalue weighted by atomic mass is 10.2. The van der Waals surface area contributed by atoms with Crippen LogP contribution in [0.3, 0.4) is 0 Å². The number of hydrogen-bond donors (Lipinski definition) is 0. The van der Waals surface area contributed by atoms with Crippen molar-refractivity contribution in [2.24, 2.45) is 0 Å². The standard InChI is InChI=1S/C7H7FOP/c1-6-2-4-7(5-3-6)10(8)9/h2-5H,1H3/q+1. The maximum atomic E-state index is 12.1. The summed E-state index contributed by atoms with van der Waals surface area (Å²) in [6.45, 7) is 1.90. The predicted octanol–water partition coefficient (Wildman–Crippen LogP) is 2.33. The summed E-state index contributed by atoms with van der Waals surface area (Å²) in [5, 5.41) is 0.264. The van der Waals surface area contributed by atoms with E-state index in [-0.39, 0.29) is 5.30 Å². The average molecular weight is 157 g/mol. The van der Waals surface area contributed by atoms with Gasteiger partial charge in [0.15, 0.2) is 0 Å². The Morgan fingerprint density at radius 3 is 2.20 bits per heavy atom. The first-order valence-electron chi connectivity index (χ1n) is 2.90. The highest BCUT2D eigenvalue weighted by atomic mass is 31.1. The van der Waals surface area contributed by atoms with Crippen LogP contribution in [0, 0.1) is 6.92 Å². The van der Waals surface area contributed by atoms with Crippen LogP contribution in [0.4, 0.5) is 4.20 Å². The third-order valence-electron chi connectivity index (χ3n) is 1.24. The number of halogens is 1. The molecule has 0 spiro atoms. The molecule has 1 aromatic carbocycles. The molecule has 1 atom stereocenters. The lowest BCUT2D eigenvalue weighted by Crippen LogP contribution is -1.91. The third-order valence-corrected chi connectivity index (χ3v) is 1.94. The molecule has 0 radical (unpaired) electrons. The van der Waals surface area contributed by atoms with Crippen molar-refractivity contribution in [1.29, 1.82) is 0 Å². The number of rotatable bonds is 1. The van der Waals surface area contributed by atoms with Gasteiger partial charge in [0.25, 0.3) is 0 Å². The quantitative estimate of drug-likeness (QED) is 0.572. The molecule has 0 aliphatic heterocycles. The maximum Gasteiger partial charge on any atom is 0.597 e. The van der Waals surface area contributed by atoms with Crippen molar-refractivity contribution in [3.8, 4) is 0 Å². The Labute approximate surface area is 59.8 Å². The van der Waals surface area contributed by atoms with E-state index in [1.54, 1.807) is 12.1 Å². The highest BCUT2D eigenvalue weighted by molar-refractivity contribution is 7.47. The molecule has 0 aliphatic rings. The molecule has 0 aliphatic carbocycles. The summed E-state index contributed by atoms with van der Waals surface area (Å²) >= 11 is 0. The number of benzene rings is 1. The lowest BCUT2D eigenvalue weighted by molar-refractivity contribution is 0.567. The molecule has 1 aromatic rings. The molecule has 0 heterocycles. The first-order chi connectivity index (χ1) is 4.70. The van der Waals surface area contributed by atoms with Gasteiger partial charge >= 0.3 is 8.11 Å². The normalized spacial score (nSPS) is 11.2. The van der Waals surface area contributed by atoms with E-state index in [1.165, 1.54) is 12.1 Å². The number of hydrogen-bond acceptors (Lipinski definition) is 1. The van der Waals surface area contributed by atoms with Crippen LogP contribution < -0.4 is 5.30 Å². The van der Waals surface area contributed by atoms with Gasteiger partial charge < -0.3 is 0 Å². The van der Waals surface area contributed by atoms with Gasteiger partial charge in [0.1, 0.15) is 0 Å². The molecular formula is C7H7FOP+. The highest BCUT2D eigenvalue weighted by Gasteiger charge is 2.17. The highest BCUT2D eigenvalue weighted by Crippen LogP contribution is 2.19. The van der Waals surface area contributed by atoms with Gasteiger partial charge in [0.05, 0.1) is 4.20 Å². The van der Waals surface area contributed by atoms with E-state index >= 15 is 0 Å². The van der Waals surface area contributed by atoms with E-state index in [1.807, 2.05) is 6.92 Å². The van der Waals surface area contributed by atoms with Crippen LogP contribution in [0.1, 0.15) is 5.56 Å². The van der Waals surface area contributed by atoms with Crippen molar-refractivity contribution in [2.45, 2.75) is 6.92 Å². The molecule has 0 bridgehead atoms. The molecule has 0 amide bonds. The van der Waals surface area contributed by atoms with Crippen molar-refractivity contribution >= 4 is 13.4 Å². The Hall–Kier alpha value is -0.750. The minimum atomic E-state index is -2.66. The Morgan fingerprint density at radius 2 is 1.80 bits per heavy atom. The second-order valence-electron chi connectivity index (χ2n) is 2.08. The predicted molar refractivity (Wildman–Crippen MR) is 39.5 cm³/mol. The molecule has 0 saturated carbocycles. The molecule has 0 N–H and O–H groups in total. The van der Waals surface area contributed by atoms with E-state index in [4.69, 9.17) is 0 Å². The summed E-state index contributed by atoms with van der Waals surface area (Å²) in [5.74, 6) is 0. The average Bonchev–Trinajstić information content (AvgIpc) is 1.88. The zero-order valence-electron chi connectivity index (χ0n) is 5.54. The monoisotopic (exact) mass is 157 g/mol. The van der Waals surface area contributed by atoms with Crippen LogP contribution in [0.5, 0.6) is 0 Å². The van der Waals surface area contributed by atoms with Gasteiger partial charge in [-0.2, -0.15) is 0 Å². The van der Waals surface area contributed by atoms with Crippen molar-refractivity contribution < 1.29 is 8.76 Å². The van der Waals surface area contributed by atoms with Gasteiger partial charge in [-0.15, -0.1) is 0 Å². The molecule has 52 valence electrons. The van der Waals surface area contributed by atoms with Gasteiger partial charge in [0, 0.05) is 0 Å². The molecule has 0 saturated heterocycles. The summed E-state index contributed by atoms with van der Waals surface area (Å²) < 4.78 is 22.3. The van der Waals surface area contributed by atoms with E-state index in [9.17, 15) is 8.76 Å². The van der Waals surface area contributed by atoms with Gasteiger partial charge in [-0.3, -0.25) is 0 Å². The van der Waals surface area contributed by atoms with Crippen LogP contribution in [-0.2, 0) is 4.57 Å². The van der Waals surface area contributed by atoms with Crippen LogP contribution in [-0.4, -0.2) is 0 Å². The summed E-state index contributed by atoms with van der Waals surface area (Å²) in [6.07, 6.45) is 0. The van der Waals surface area contributed by atoms with Crippen molar-refractivity contribution in [1.82, 2.24) is 0 Å². The Kier molecular flexibility index (Phi) is 2.13. The summed E-state index contributed by atoms with van der Waals surface area (Å²) in [4.78, 5) is 0. The number of aryl methyl sites for hydroxylation is 1. The first-order valence-corrected chi connectivity index (χ1v) is 4.05. The molecule has 1 nitrogen and oxygen atoms in total. The van der Waals surface area contributed by atoms with Crippen LogP contribution in [0.2, 0.25) is 0 Å². The van der Waals surface area contributed by atoms with Gasteiger partial charge in [-0.25, -0.2) is 0 Å². The summed E-state index contributed by atoms with van der Waals surface area (Å²) in [5.41, 5.74) is 1.04. The molecule has 0 fully saturated rings. The molecule has 1 unspecified atom stereocenters. The smallest absolute Gasteiger partial charge is 0.0547 e. The van der Waals surface area contributed by atoms with E-state index in [2.05, 4.69) is 0 Å². The topological polar surface area (TPSA) is 17.1 Å². The molecule has 1 rings (SSSR count). The van der Waals surface area contributed by atoms with Crippen molar-refractivity contribution in [3.05, 3.63) is 29.8 Å². The Balaban J connectivity index is 3.00. The van der Waals surface area contributed by atoms with Crippen LogP contribution in [0.25, 0.3) is 0 Å². The van der Waals surface area contributed by atoms with E-state index in [0.717, 1.165) is 5.56 Å². The van der Waals surface area contributed by atoms with E-state index in [0.29, 0.717) is 0 Å². The minimum absolute atomic E-state index is 0.264. The Bertz CT molecular complexity index is 242. The van der Waals surface area contributed by atoms with Crippen molar-refractivity contribution in [3.63, 3.8) is 0 Å². The fraction of sp³-hybridized carbons (Fsp3) is 0.143. The molecule has 0 aromatic heterocycles. The van der Waals surface area contributed by atoms with Crippen LogP contribution in [0.15, 0.2) is 24.3 Å². The largest absolute Gasteiger partial charge is 0.597 e. The first kappa shape index (κ1) is 7.36. The molecule has 10 heavy (non-hydrogen) atoms. The van der Waals surface area contributed by atoms with Gasteiger partial charge in [-0.05, 0) is 23.6 Å². The lowest BCUT2D eigenvalue weighted by Gasteiger charge is -1.84. The Morgan fingerprint density at radius 1 is 1.30 bits per heavy atom. The van der Waals surface area contributed by atoms with E-state index < -0.39 is 8.11 Å². The van der Waals surface area contributed by atoms with Gasteiger partial charge in [-0.1, -0.05) is 17.7 Å². The zero-order valence-corrected chi connectivity index (χ0v) is 6.44.